The lowest BCUT2D eigenvalue weighted by Gasteiger charge is -2.32. The van der Waals surface area contributed by atoms with Crippen LogP contribution in [0.5, 0.6) is 11.5 Å². The molecule has 7 aromatic rings. The minimum absolute atomic E-state index is 0.000245. The Morgan fingerprint density at radius 1 is 0.549 bits per heavy atom. The maximum atomic E-state index is 6.91. The molecule has 0 radical (unpaired) electrons. The first kappa shape index (κ1) is 32.4. The van der Waals surface area contributed by atoms with Crippen LogP contribution in [0.15, 0.2) is 146 Å². The number of pyridine rings is 2. The minimum Gasteiger partial charge on any atom is -0.457 e. The first-order valence-electron chi connectivity index (χ1n) is 17.7. The number of rotatable bonds is 6. The number of aromatic nitrogens is 2. The van der Waals surface area contributed by atoms with E-state index >= 15 is 0 Å². The Labute approximate surface area is 301 Å². The van der Waals surface area contributed by atoms with Crippen molar-refractivity contribution < 1.29 is 4.74 Å². The van der Waals surface area contributed by atoms with E-state index in [9.17, 15) is 0 Å². The fourth-order valence-corrected chi connectivity index (χ4v) is 8.12. The van der Waals surface area contributed by atoms with Crippen LogP contribution >= 0.6 is 0 Å². The van der Waals surface area contributed by atoms with Crippen LogP contribution in [0, 0.1) is 20.8 Å². The molecule has 0 atom stereocenters. The van der Waals surface area contributed by atoms with Gasteiger partial charge in [-0.25, -0.2) is 0 Å². The number of hydrogen-bond acceptors (Lipinski definition) is 3. The van der Waals surface area contributed by atoms with Crippen LogP contribution in [0.2, 0.25) is 0 Å². The Morgan fingerprint density at radius 3 is 1.88 bits per heavy atom. The molecule has 0 saturated heterocycles. The van der Waals surface area contributed by atoms with Gasteiger partial charge in [-0.15, -0.1) is 0 Å². The van der Waals surface area contributed by atoms with Gasteiger partial charge in [0.25, 0.3) is 0 Å². The molecule has 0 N–H and O–H groups in total. The third-order valence-electron chi connectivity index (χ3n) is 10.3. The number of fused-ring (bicyclic) bond motifs is 3. The van der Waals surface area contributed by atoms with Crippen LogP contribution in [0.4, 0.5) is 0 Å². The monoisotopic (exact) mass is 662 g/mol. The fraction of sp³-hybridized carbons (Fsp3) is 0.167. The fourth-order valence-electron chi connectivity index (χ4n) is 8.12. The summed E-state index contributed by atoms with van der Waals surface area (Å²) in [6, 6.07) is 47.6. The number of ether oxygens (including phenoxy) is 1. The molecular weight excluding hydrogens is 621 g/mol. The Kier molecular flexibility index (Phi) is 7.95. The van der Waals surface area contributed by atoms with Gasteiger partial charge in [0.05, 0.1) is 16.8 Å². The van der Waals surface area contributed by atoms with Crippen LogP contribution < -0.4 is 4.74 Å². The van der Waals surface area contributed by atoms with Crippen molar-refractivity contribution >= 4 is 0 Å². The van der Waals surface area contributed by atoms with Crippen molar-refractivity contribution in [3.05, 3.63) is 190 Å². The van der Waals surface area contributed by atoms with Gasteiger partial charge in [0.1, 0.15) is 11.5 Å². The average molecular weight is 663 g/mol. The molecular formula is C48H42N2O. The van der Waals surface area contributed by atoms with Crippen molar-refractivity contribution in [1.29, 1.82) is 0 Å². The highest BCUT2D eigenvalue weighted by Crippen LogP contribution is 2.56. The molecule has 1 aliphatic rings. The summed E-state index contributed by atoms with van der Waals surface area (Å²) in [6.07, 6.45) is 3.81. The lowest BCUT2D eigenvalue weighted by Crippen LogP contribution is -2.29. The first-order chi connectivity index (χ1) is 24.6. The molecule has 3 nitrogen and oxygen atoms in total. The molecule has 0 aliphatic heterocycles. The number of aryl methyl sites for hydroxylation is 3. The standard InChI is InChI=1S/C48H42N2O/c1-31-24-32(2)46(33(3)25-31)35-26-34(44-30-36(21-23-49-44)47(4,5)6)27-39(28-35)51-38-15-13-14-37(29-38)48(45-20-11-12-22-50-45)42-18-9-7-16-40(42)41-17-8-10-19-43(41)48/h7-30H,1-6H3. The molecule has 0 amide bonds. The van der Waals surface area contributed by atoms with E-state index in [0.29, 0.717) is 0 Å². The predicted molar refractivity (Wildman–Crippen MR) is 210 cm³/mol. The summed E-state index contributed by atoms with van der Waals surface area (Å²) < 4.78 is 6.91. The molecule has 0 bridgehead atoms. The average Bonchev–Trinajstić information content (AvgIpc) is 3.43. The van der Waals surface area contributed by atoms with Crippen LogP contribution in [0.3, 0.4) is 0 Å². The lowest BCUT2D eigenvalue weighted by molar-refractivity contribution is 0.481. The molecule has 250 valence electrons. The van der Waals surface area contributed by atoms with Crippen molar-refractivity contribution in [2.45, 2.75) is 52.4 Å². The summed E-state index contributed by atoms with van der Waals surface area (Å²) in [5.41, 5.74) is 15.7. The third kappa shape index (κ3) is 5.63. The molecule has 0 fully saturated rings. The third-order valence-corrected chi connectivity index (χ3v) is 10.3. The minimum atomic E-state index is -0.603. The highest BCUT2D eigenvalue weighted by Gasteiger charge is 2.47. The first-order valence-corrected chi connectivity index (χ1v) is 17.7. The molecule has 2 aromatic heterocycles. The maximum absolute atomic E-state index is 6.91. The highest BCUT2D eigenvalue weighted by molar-refractivity contribution is 5.86. The van der Waals surface area contributed by atoms with Crippen LogP contribution in [-0.4, -0.2) is 9.97 Å². The van der Waals surface area contributed by atoms with Crippen molar-refractivity contribution in [2.75, 3.05) is 0 Å². The van der Waals surface area contributed by atoms with Gasteiger partial charge < -0.3 is 4.74 Å². The molecule has 51 heavy (non-hydrogen) atoms. The Hall–Kier alpha value is -5.80. The molecule has 0 spiro atoms. The van der Waals surface area contributed by atoms with Gasteiger partial charge in [0.15, 0.2) is 0 Å². The van der Waals surface area contributed by atoms with Gasteiger partial charge in [-0.3, -0.25) is 9.97 Å². The van der Waals surface area contributed by atoms with Gasteiger partial charge in [0, 0.05) is 18.0 Å². The number of benzene rings is 5. The molecule has 0 saturated carbocycles. The van der Waals surface area contributed by atoms with Gasteiger partial charge in [-0.2, -0.15) is 0 Å². The van der Waals surface area contributed by atoms with E-state index in [0.717, 1.165) is 39.6 Å². The van der Waals surface area contributed by atoms with Crippen molar-refractivity contribution in [3.8, 4) is 45.0 Å². The van der Waals surface area contributed by atoms with Gasteiger partial charge in [-0.05, 0) is 136 Å². The number of hydrogen-bond donors (Lipinski definition) is 0. The zero-order valence-corrected chi connectivity index (χ0v) is 30.2. The largest absolute Gasteiger partial charge is 0.457 e. The van der Waals surface area contributed by atoms with E-state index in [1.807, 2.05) is 18.5 Å². The Balaban J connectivity index is 1.30. The predicted octanol–water partition coefficient (Wildman–Crippen LogP) is 12.2. The van der Waals surface area contributed by atoms with E-state index in [1.165, 1.54) is 50.1 Å². The quantitative estimate of drug-likeness (QED) is 0.178. The summed E-state index contributed by atoms with van der Waals surface area (Å²) in [5, 5.41) is 0. The van der Waals surface area contributed by atoms with Crippen molar-refractivity contribution in [3.63, 3.8) is 0 Å². The topological polar surface area (TPSA) is 35.0 Å². The zero-order chi connectivity index (χ0) is 35.3. The van der Waals surface area contributed by atoms with Crippen molar-refractivity contribution in [1.82, 2.24) is 9.97 Å². The second-order valence-corrected chi connectivity index (χ2v) is 14.9. The van der Waals surface area contributed by atoms with Crippen LogP contribution in [-0.2, 0) is 10.8 Å². The second-order valence-electron chi connectivity index (χ2n) is 14.9. The molecule has 8 rings (SSSR count). The zero-order valence-electron chi connectivity index (χ0n) is 30.2. The highest BCUT2D eigenvalue weighted by atomic mass is 16.5. The SMILES string of the molecule is Cc1cc(C)c(-c2cc(Oc3cccc(C4(c5ccccn5)c5ccccc5-c5ccccc54)c3)cc(-c3cc(C(C)(C)C)ccn3)c2)c(C)c1. The normalized spacial score (nSPS) is 13.1. The molecule has 1 aliphatic carbocycles. The molecule has 3 heteroatoms. The Morgan fingerprint density at radius 2 is 1.22 bits per heavy atom. The van der Waals surface area contributed by atoms with E-state index in [-0.39, 0.29) is 5.41 Å². The summed E-state index contributed by atoms with van der Waals surface area (Å²) in [7, 11) is 0. The van der Waals surface area contributed by atoms with Crippen LogP contribution in [0.1, 0.15) is 65.4 Å². The summed E-state index contributed by atoms with van der Waals surface area (Å²) in [4.78, 5) is 9.86. The van der Waals surface area contributed by atoms with Gasteiger partial charge in [-0.1, -0.05) is 105 Å². The summed E-state index contributed by atoms with van der Waals surface area (Å²) in [5.74, 6) is 1.53. The summed E-state index contributed by atoms with van der Waals surface area (Å²) >= 11 is 0. The second kappa shape index (κ2) is 12.5. The molecule has 5 aromatic carbocycles. The molecule has 2 heterocycles. The van der Waals surface area contributed by atoms with Crippen LogP contribution in [0.25, 0.3) is 33.5 Å². The Bertz CT molecular complexity index is 2350. The van der Waals surface area contributed by atoms with E-state index < -0.39 is 5.41 Å². The lowest BCUT2D eigenvalue weighted by atomic mass is 9.70. The van der Waals surface area contributed by atoms with Gasteiger partial charge in [0.2, 0.25) is 0 Å². The van der Waals surface area contributed by atoms with E-state index in [1.54, 1.807) is 0 Å². The number of nitrogens with zero attached hydrogens (tertiary/aromatic N) is 2. The molecule has 0 unspecified atom stereocenters. The van der Waals surface area contributed by atoms with E-state index in [4.69, 9.17) is 14.7 Å². The maximum Gasteiger partial charge on any atom is 0.128 e. The van der Waals surface area contributed by atoms with E-state index in [2.05, 4.69) is 169 Å². The smallest absolute Gasteiger partial charge is 0.128 e. The van der Waals surface area contributed by atoms with Gasteiger partial charge >= 0.3 is 0 Å². The summed E-state index contributed by atoms with van der Waals surface area (Å²) in [6.45, 7) is 13.3. The van der Waals surface area contributed by atoms with Crippen molar-refractivity contribution in [2.24, 2.45) is 0 Å².